The molecular weight excluding hydrogens is 226 g/mol. The van der Waals surface area contributed by atoms with Crippen LogP contribution < -0.4 is 4.72 Å². The lowest BCUT2D eigenvalue weighted by molar-refractivity contribution is 0.870. The van der Waals surface area contributed by atoms with Gasteiger partial charge in [0.1, 0.15) is 0 Å². The van der Waals surface area contributed by atoms with Crippen molar-refractivity contribution in [1.82, 2.24) is 4.72 Å². The third-order valence-corrected chi connectivity index (χ3v) is 4.72. The molecule has 0 aliphatic carbocycles. The smallest absolute Gasteiger partial charge is 0.00451 e. The van der Waals surface area contributed by atoms with E-state index < -0.39 is 11.1 Å². The van der Waals surface area contributed by atoms with Crippen LogP contribution in [-0.4, -0.2) is 6.54 Å². The summed E-state index contributed by atoms with van der Waals surface area (Å²) in [6.45, 7) is 3.27. The maximum atomic E-state index is 3.67. The third-order valence-electron chi connectivity index (χ3n) is 2.55. The summed E-state index contributed by atoms with van der Waals surface area (Å²) in [7, 11) is 0. The molecule has 0 aromatic heterocycles. The summed E-state index contributed by atoms with van der Waals surface area (Å²) < 4.78 is 3.67. The second-order valence-corrected chi connectivity index (χ2v) is 5.93. The Morgan fingerprint density at radius 2 is 1.29 bits per heavy atom. The fourth-order valence-electron chi connectivity index (χ4n) is 1.71. The van der Waals surface area contributed by atoms with Gasteiger partial charge in [0.25, 0.3) is 0 Å². The van der Waals surface area contributed by atoms with Crippen molar-refractivity contribution >= 4 is 11.1 Å². The highest BCUT2D eigenvalue weighted by Crippen LogP contribution is 2.40. The Balaban J connectivity index is 2.26. The molecule has 0 amide bonds. The van der Waals surface area contributed by atoms with Crippen molar-refractivity contribution in [3.63, 3.8) is 0 Å². The molecule has 0 heterocycles. The molecule has 17 heavy (non-hydrogen) atoms. The van der Waals surface area contributed by atoms with E-state index in [4.69, 9.17) is 0 Å². The van der Waals surface area contributed by atoms with Gasteiger partial charge in [-0.25, -0.2) is 0 Å². The number of nitrogens with one attached hydrogen (secondary N) is 1. The second-order valence-electron chi connectivity index (χ2n) is 3.91. The maximum Gasteiger partial charge on any atom is 0.00451 e. The molecule has 1 N–H and O–H groups in total. The fraction of sp³-hybridized carbons (Fsp3) is 0.200. The van der Waals surface area contributed by atoms with E-state index in [1.807, 2.05) is 0 Å². The number of thiol groups is 1. The molecule has 0 saturated carbocycles. The molecule has 0 aliphatic heterocycles. The van der Waals surface area contributed by atoms with Crippen molar-refractivity contribution in [2.24, 2.45) is 0 Å². The molecule has 0 bridgehead atoms. The number of hydrogen-bond acceptors (Lipinski definition) is 1. The van der Waals surface area contributed by atoms with Crippen LogP contribution in [0.25, 0.3) is 0 Å². The van der Waals surface area contributed by atoms with Crippen LogP contribution in [0.1, 0.15) is 13.3 Å². The van der Waals surface area contributed by atoms with E-state index in [0.29, 0.717) is 0 Å². The predicted octanol–water partition coefficient (Wildman–Crippen LogP) is 4.02. The first-order valence-corrected chi connectivity index (χ1v) is 7.39. The summed E-state index contributed by atoms with van der Waals surface area (Å²) in [5, 5.41) is 0. The SMILES string of the molecule is CCCN[SH](c1ccccc1)c1ccccc1. The standard InChI is InChI=1S/C15H19NS/c1-2-13-16-17(14-9-5-3-6-10-14)15-11-7-4-8-12-15/h3-12,16-17H,2,13H2,1H3. The molecule has 0 atom stereocenters. The molecule has 0 unspecified atom stereocenters. The van der Waals surface area contributed by atoms with Crippen LogP contribution in [0.15, 0.2) is 70.5 Å². The zero-order valence-corrected chi connectivity index (χ0v) is 11.0. The van der Waals surface area contributed by atoms with E-state index in [1.165, 1.54) is 16.2 Å². The summed E-state index contributed by atoms with van der Waals surface area (Å²) >= 11 is -0.407. The van der Waals surface area contributed by atoms with Gasteiger partial charge in [-0.1, -0.05) is 43.3 Å². The lowest BCUT2D eigenvalue weighted by atomic mass is 10.4. The minimum Gasteiger partial charge on any atom is -0.276 e. The van der Waals surface area contributed by atoms with Crippen LogP contribution >= 0.6 is 11.1 Å². The average molecular weight is 245 g/mol. The average Bonchev–Trinajstić information content (AvgIpc) is 2.42. The van der Waals surface area contributed by atoms with Gasteiger partial charge in [0.2, 0.25) is 0 Å². The minimum absolute atomic E-state index is 0.407. The highest BCUT2D eigenvalue weighted by atomic mass is 32.2. The first kappa shape index (κ1) is 12.2. The van der Waals surface area contributed by atoms with Crippen LogP contribution in [-0.2, 0) is 0 Å². The zero-order chi connectivity index (χ0) is 11.9. The van der Waals surface area contributed by atoms with Gasteiger partial charge in [-0.05, 0) is 30.7 Å². The van der Waals surface area contributed by atoms with Crippen LogP contribution in [0.2, 0.25) is 0 Å². The van der Waals surface area contributed by atoms with Crippen molar-refractivity contribution in [3.05, 3.63) is 60.7 Å². The van der Waals surface area contributed by atoms with E-state index in [-0.39, 0.29) is 0 Å². The Morgan fingerprint density at radius 1 is 0.824 bits per heavy atom. The van der Waals surface area contributed by atoms with E-state index in [1.54, 1.807) is 0 Å². The Kier molecular flexibility index (Phi) is 4.65. The summed E-state index contributed by atoms with van der Waals surface area (Å²) in [5.74, 6) is 0. The second kappa shape index (κ2) is 6.48. The van der Waals surface area contributed by atoms with Gasteiger partial charge >= 0.3 is 0 Å². The highest BCUT2D eigenvalue weighted by molar-refractivity contribution is 8.15. The Hall–Kier alpha value is -1.25. The van der Waals surface area contributed by atoms with Gasteiger partial charge in [0.15, 0.2) is 0 Å². The predicted molar refractivity (Wildman–Crippen MR) is 76.7 cm³/mol. The van der Waals surface area contributed by atoms with Crippen LogP contribution in [0.4, 0.5) is 0 Å². The van der Waals surface area contributed by atoms with Crippen molar-refractivity contribution in [2.45, 2.75) is 23.1 Å². The molecule has 0 fully saturated rings. The molecule has 2 rings (SSSR count). The van der Waals surface area contributed by atoms with Crippen LogP contribution in [0.3, 0.4) is 0 Å². The molecule has 0 radical (unpaired) electrons. The van der Waals surface area contributed by atoms with Crippen molar-refractivity contribution < 1.29 is 0 Å². The molecule has 0 aliphatic rings. The highest BCUT2D eigenvalue weighted by Gasteiger charge is 2.07. The van der Waals surface area contributed by atoms with Gasteiger partial charge in [-0.2, -0.15) is 0 Å². The Labute approximate surface area is 106 Å². The van der Waals surface area contributed by atoms with E-state index in [2.05, 4.69) is 72.3 Å². The summed E-state index contributed by atoms with van der Waals surface area (Å²) in [6, 6.07) is 21.4. The number of rotatable bonds is 5. The van der Waals surface area contributed by atoms with E-state index in [0.717, 1.165) is 6.54 Å². The van der Waals surface area contributed by atoms with Gasteiger partial charge in [0, 0.05) is 16.3 Å². The molecule has 0 spiro atoms. The minimum atomic E-state index is -0.407. The Morgan fingerprint density at radius 3 is 1.71 bits per heavy atom. The third kappa shape index (κ3) is 3.35. The molecule has 1 nitrogen and oxygen atoms in total. The van der Waals surface area contributed by atoms with Gasteiger partial charge in [-0.3, -0.25) is 4.72 Å². The topological polar surface area (TPSA) is 12.0 Å². The normalized spacial score (nSPS) is 11.2. The van der Waals surface area contributed by atoms with E-state index in [9.17, 15) is 0 Å². The molecule has 0 saturated heterocycles. The van der Waals surface area contributed by atoms with Gasteiger partial charge < -0.3 is 0 Å². The van der Waals surface area contributed by atoms with Crippen molar-refractivity contribution in [2.75, 3.05) is 6.54 Å². The molecular formula is C15H19NS. The molecule has 2 aromatic carbocycles. The first-order valence-electron chi connectivity index (χ1n) is 6.05. The molecule has 2 aromatic rings. The fourth-order valence-corrected chi connectivity index (χ4v) is 3.76. The molecule has 90 valence electrons. The van der Waals surface area contributed by atoms with Crippen molar-refractivity contribution in [1.29, 1.82) is 0 Å². The number of hydrogen-bond donors (Lipinski definition) is 2. The number of benzene rings is 2. The summed E-state index contributed by atoms with van der Waals surface area (Å²) in [5.41, 5.74) is 0. The van der Waals surface area contributed by atoms with Gasteiger partial charge in [-0.15, -0.1) is 11.1 Å². The van der Waals surface area contributed by atoms with Crippen LogP contribution in [0.5, 0.6) is 0 Å². The summed E-state index contributed by atoms with van der Waals surface area (Å²) in [6.07, 6.45) is 1.17. The largest absolute Gasteiger partial charge is 0.276 e. The quantitative estimate of drug-likeness (QED) is 0.758. The van der Waals surface area contributed by atoms with Crippen molar-refractivity contribution in [3.8, 4) is 0 Å². The Bertz CT molecular complexity index is 388. The van der Waals surface area contributed by atoms with Crippen LogP contribution in [0, 0.1) is 0 Å². The zero-order valence-electron chi connectivity index (χ0n) is 10.1. The first-order chi connectivity index (χ1) is 8.42. The molecule has 2 heteroatoms. The van der Waals surface area contributed by atoms with Gasteiger partial charge in [0.05, 0.1) is 0 Å². The summed E-state index contributed by atoms with van der Waals surface area (Å²) in [4.78, 5) is 2.78. The lowest BCUT2D eigenvalue weighted by Gasteiger charge is -2.23. The maximum absolute atomic E-state index is 3.67. The van der Waals surface area contributed by atoms with E-state index >= 15 is 0 Å². The monoisotopic (exact) mass is 245 g/mol. The lowest BCUT2D eigenvalue weighted by Crippen LogP contribution is -2.11.